The lowest BCUT2D eigenvalue weighted by molar-refractivity contribution is 0.188. The first-order valence-electron chi connectivity index (χ1n) is 4.20. The summed E-state index contributed by atoms with van der Waals surface area (Å²) in [6.07, 6.45) is 7.65. The van der Waals surface area contributed by atoms with Crippen molar-refractivity contribution < 1.29 is 0 Å². The van der Waals surface area contributed by atoms with E-state index >= 15 is 0 Å². The number of likely N-dealkylation sites (tertiary alicyclic amines) is 1. The van der Waals surface area contributed by atoms with Crippen molar-refractivity contribution in [2.45, 2.75) is 31.8 Å². The van der Waals surface area contributed by atoms with E-state index < -0.39 is 0 Å². The highest BCUT2D eigenvalue weighted by molar-refractivity contribution is 4.98. The Hall–Kier alpha value is -0.520. The summed E-state index contributed by atoms with van der Waals surface area (Å²) in [6, 6.07) is 0.584. The molecule has 2 heteroatoms. The van der Waals surface area contributed by atoms with Crippen molar-refractivity contribution in [1.29, 1.82) is 0 Å². The van der Waals surface area contributed by atoms with Crippen LogP contribution in [0.5, 0.6) is 0 Å². The van der Waals surface area contributed by atoms with Gasteiger partial charge in [-0.2, -0.15) is 0 Å². The molecule has 0 aromatic heterocycles. The zero-order chi connectivity index (χ0) is 8.27. The maximum Gasteiger partial charge on any atom is 0.0683 e. The van der Waals surface area contributed by atoms with Crippen LogP contribution in [0.2, 0.25) is 0 Å². The van der Waals surface area contributed by atoms with Crippen LogP contribution in [-0.4, -0.2) is 30.1 Å². The van der Waals surface area contributed by atoms with Crippen LogP contribution >= 0.6 is 0 Å². The molecule has 0 radical (unpaired) electrons. The summed E-state index contributed by atoms with van der Waals surface area (Å²) in [6.45, 7) is 4.13. The molecule has 0 bridgehead atoms. The molecule has 1 aliphatic heterocycles. The van der Waals surface area contributed by atoms with Gasteiger partial charge in [0.05, 0.1) is 6.04 Å². The van der Waals surface area contributed by atoms with Gasteiger partial charge in [-0.05, 0) is 26.3 Å². The lowest BCUT2D eigenvalue weighted by Crippen LogP contribution is -2.46. The summed E-state index contributed by atoms with van der Waals surface area (Å²) in [5.74, 6) is 2.73. The van der Waals surface area contributed by atoms with Crippen LogP contribution in [0.15, 0.2) is 0 Å². The van der Waals surface area contributed by atoms with E-state index in [0.717, 1.165) is 19.5 Å². The van der Waals surface area contributed by atoms with Gasteiger partial charge in [0, 0.05) is 12.6 Å². The molecule has 0 amide bonds. The van der Waals surface area contributed by atoms with Gasteiger partial charge < -0.3 is 5.73 Å². The van der Waals surface area contributed by atoms with Gasteiger partial charge in [0.1, 0.15) is 0 Å². The largest absolute Gasteiger partial charge is 0.327 e. The standard InChI is InChI=1S/C9H16N2/c1-3-8(2)11-6-4-5-9(10)7-11/h1,8-9H,4-7,10H2,2H3. The van der Waals surface area contributed by atoms with Gasteiger partial charge >= 0.3 is 0 Å². The van der Waals surface area contributed by atoms with Crippen LogP contribution in [0.4, 0.5) is 0 Å². The van der Waals surface area contributed by atoms with E-state index in [4.69, 9.17) is 12.2 Å². The summed E-state index contributed by atoms with van der Waals surface area (Å²) < 4.78 is 0. The van der Waals surface area contributed by atoms with E-state index in [9.17, 15) is 0 Å². The van der Waals surface area contributed by atoms with Crippen molar-refractivity contribution in [1.82, 2.24) is 4.90 Å². The average molecular weight is 152 g/mol. The summed E-state index contributed by atoms with van der Waals surface area (Å²) in [4.78, 5) is 2.27. The van der Waals surface area contributed by atoms with E-state index in [1.165, 1.54) is 6.42 Å². The molecule has 2 N–H and O–H groups in total. The average Bonchev–Trinajstić information content (AvgIpc) is 2.03. The first-order valence-corrected chi connectivity index (χ1v) is 4.20. The summed E-state index contributed by atoms with van der Waals surface area (Å²) in [7, 11) is 0. The number of nitrogens with zero attached hydrogens (tertiary/aromatic N) is 1. The molecule has 2 atom stereocenters. The van der Waals surface area contributed by atoms with Crippen molar-refractivity contribution in [3.8, 4) is 12.3 Å². The third kappa shape index (κ3) is 2.21. The SMILES string of the molecule is C#CC(C)N1CCCC(N)C1. The molecule has 1 rings (SSSR count). The Bertz CT molecular complexity index is 159. The maximum absolute atomic E-state index is 5.81. The fourth-order valence-corrected chi connectivity index (χ4v) is 1.50. The molecule has 1 saturated heterocycles. The number of rotatable bonds is 1. The minimum absolute atomic E-state index is 0.251. The van der Waals surface area contributed by atoms with Crippen LogP contribution in [0, 0.1) is 12.3 Å². The predicted octanol–water partition coefficient (Wildman–Crippen LogP) is 0.431. The van der Waals surface area contributed by atoms with Gasteiger partial charge in [0.15, 0.2) is 0 Å². The molecule has 0 aliphatic carbocycles. The Morgan fingerprint density at radius 2 is 2.45 bits per heavy atom. The van der Waals surface area contributed by atoms with Gasteiger partial charge in [0.25, 0.3) is 0 Å². The van der Waals surface area contributed by atoms with E-state index in [1.54, 1.807) is 0 Å². The highest BCUT2D eigenvalue weighted by Gasteiger charge is 2.19. The van der Waals surface area contributed by atoms with Crippen LogP contribution in [-0.2, 0) is 0 Å². The lowest BCUT2D eigenvalue weighted by atomic mass is 10.1. The van der Waals surface area contributed by atoms with Gasteiger partial charge in [-0.3, -0.25) is 4.90 Å². The van der Waals surface area contributed by atoms with Crippen LogP contribution in [0.25, 0.3) is 0 Å². The number of terminal acetylenes is 1. The second kappa shape index (κ2) is 3.75. The minimum atomic E-state index is 0.251. The van der Waals surface area contributed by atoms with E-state index in [1.807, 2.05) is 0 Å². The number of hydrogen-bond donors (Lipinski definition) is 1. The monoisotopic (exact) mass is 152 g/mol. The van der Waals surface area contributed by atoms with Gasteiger partial charge in [-0.25, -0.2) is 0 Å². The van der Waals surface area contributed by atoms with Crippen LogP contribution in [0.3, 0.4) is 0 Å². The molecule has 62 valence electrons. The third-order valence-corrected chi connectivity index (χ3v) is 2.28. The van der Waals surface area contributed by atoms with Crippen LogP contribution < -0.4 is 5.73 Å². The second-order valence-electron chi connectivity index (χ2n) is 3.24. The molecular weight excluding hydrogens is 136 g/mol. The number of hydrogen-bond acceptors (Lipinski definition) is 2. The smallest absolute Gasteiger partial charge is 0.0683 e. The molecule has 0 saturated carbocycles. The second-order valence-corrected chi connectivity index (χ2v) is 3.24. The Balaban J connectivity index is 2.40. The highest BCUT2D eigenvalue weighted by Crippen LogP contribution is 2.10. The van der Waals surface area contributed by atoms with Crippen molar-refractivity contribution in [2.75, 3.05) is 13.1 Å². The topological polar surface area (TPSA) is 29.3 Å². The fourth-order valence-electron chi connectivity index (χ4n) is 1.50. The zero-order valence-electron chi connectivity index (χ0n) is 7.09. The summed E-state index contributed by atoms with van der Waals surface area (Å²) in [5, 5.41) is 0. The predicted molar refractivity (Wildman–Crippen MR) is 47.1 cm³/mol. The maximum atomic E-state index is 5.81. The van der Waals surface area contributed by atoms with E-state index in [-0.39, 0.29) is 6.04 Å². The normalized spacial score (nSPS) is 29.4. The molecule has 2 nitrogen and oxygen atoms in total. The number of nitrogens with two attached hydrogens (primary N) is 1. The molecule has 0 spiro atoms. The molecule has 2 unspecified atom stereocenters. The minimum Gasteiger partial charge on any atom is -0.327 e. The molecule has 0 aromatic rings. The van der Waals surface area contributed by atoms with Gasteiger partial charge in [0.2, 0.25) is 0 Å². The molecule has 1 fully saturated rings. The fraction of sp³-hybridized carbons (Fsp3) is 0.778. The first-order chi connectivity index (χ1) is 5.24. The van der Waals surface area contributed by atoms with Gasteiger partial charge in [-0.1, -0.05) is 5.92 Å². The van der Waals surface area contributed by atoms with Gasteiger partial charge in [-0.15, -0.1) is 6.42 Å². The summed E-state index contributed by atoms with van der Waals surface area (Å²) >= 11 is 0. The first kappa shape index (κ1) is 8.58. The van der Waals surface area contributed by atoms with Crippen molar-refractivity contribution in [3.05, 3.63) is 0 Å². The Kier molecular flexibility index (Phi) is 2.92. The molecule has 11 heavy (non-hydrogen) atoms. The summed E-state index contributed by atoms with van der Waals surface area (Å²) in [5.41, 5.74) is 5.81. The molecule has 1 heterocycles. The Morgan fingerprint density at radius 3 is 3.00 bits per heavy atom. The van der Waals surface area contributed by atoms with Crippen molar-refractivity contribution in [2.24, 2.45) is 5.73 Å². The Labute approximate surface area is 68.8 Å². The molecular formula is C9H16N2. The third-order valence-electron chi connectivity index (χ3n) is 2.28. The molecule has 0 aromatic carbocycles. The Morgan fingerprint density at radius 1 is 1.73 bits per heavy atom. The van der Waals surface area contributed by atoms with Crippen molar-refractivity contribution in [3.63, 3.8) is 0 Å². The zero-order valence-corrected chi connectivity index (χ0v) is 7.09. The lowest BCUT2D eigenvalue weighted by Gasteiger charge is -2.32. The quantitative estimate of drug-likeness (QED) is 0.552. The van der Waals surface area contributed by atoms with Crippen molar-refractivity contribution >= 4 is 0 Å². The van der Waals surface area contributed by atoms with Crippen LogP contribution in [0.1, 0.15) is 19.8 Å². The van der Waals surface area contributed by atoms with E-state index in [0.29, 0.717) is 6.04 Å². The molecule has 1 aliphatic rings. The number of piperidine rings is 1. The van der Waals surface area contributed by atoms with E-state index in [2.05, 4.69) is 17.7 Å². The highest BCUT2D eigenvalue weighted by atomic mass is 15.2.